The van der Waals surface area contributed by atoms with Crippen molar-refractivity contribution < 1.29 is 88.0 Å². The summed E-state index contributed by atoms with van der Waals surface area (Å²) in [5, 5.41) is 12.8. The van der Waals surface area contributed by atoms with Gasteiger partial charge in [-0.1, -0.05) is 54.6 Å². The van der Waals surface area contributed by atoms with Crippen LogP contribution in [0.1, 0.15) is 0 Å². The number of hydrogen-bond acceptors (Lipinski definition) is 4. The molecule has 0 N–H and O–H groups in total. The molecule has 0 aliphatic heterocycles. The van der Waals surface area contributed by atoms with Crippen LogP contribution in [0.3, 0.4) is 0 Å². The Morgan fingerprint density at radius 3 is 1.59 bits per heavy atom. The van der Waals surface area contributed by atoms with Crippen molar-refractivity contribution >= 4 is 35.3 Å². The number of para-hydroxylation sites is 3. The van der Waals surface area contributed by atoms with Crippen LogP contribution in [-0.4, -0.2) is 18.2 Å². The predicted molar refractivity (Wildman–Crippen MR) is 103 cm³/mol. The summed E-state index contributed by atoms with van der Waals surface area (Å²) < 4.78 is 13.8. The summed E-state index contributed by atoms with van der Waals surface area (Å²) in [7, 11) is 0. The molecule has 0 aliphatic carbocycles. The number of amides is 3. The molecule has 0 unspecified atom stereocenters. The number of carbonyl (C=O) groups is 2. The molecule has 0 aliphatic rings. The van der Waals surface area contributed by atoms with Crippen molar-refractivity contribution in [2.24, 2.45) is 4.99 Å². The van der Waals surface area contributed by atoms with Crippen LogP contribution >= 0.6 is 0 Å². The van der Waals surface area contributed by atoms with Gasteiger partial charge in [-0.15, -0.1) is 4.39 Å². The van der Waals surface area contributed by atoms with E-state index >= 15 is 0 Å². The van der Waals surface area contributed by atoms with Gasteiger partial charge < -0.3 is 5.11 Å². The number of rotatable bonds is 3. The van der Waals surface area contributed by atoms with Crippen molar-refractivity contribution in [2.75, 3.05) is 9.80 Å². The number of urea groups is 1. The number of nitrogens with zero attached hydrogens (tertiary/aromatic N) is 3. The molecule has 0 fully saturated rings. The minimum atomic E-state index is -2.01. The number of carbonyl (C=O) groups excluding carboxylic acids is 2. The first-order valence-corrected chi connectivity index (χ1v) is 8.32. The van der Waals surface area contributed by atoms with E-state index in [9.17, 15) is 19.1 Å². The number of benzene rings is 3. The molecule has 3 amide bonds. The Bertz CT molecular complexity index is 986. The van der Waals surface area contributed by atoms with Gasteiger partial charge in [0.2, 0.25) is 0 Å². The molecule has 0 saturated carbocycles. The van der Waals surface area contributed by atoms with Gasteiger partial charge in [-0.25, -0.2) is 19.5 Å². The molecule has 6 nitrogen and oxygen atoms in total. The van der Waals surface area contributed by atoms with Crippen LogP contribution in [0, 0.1) is 0 Å². The molecule has 140 valence electrons. The third-order valence-electron chi connectivity index (χ3n) is 3.76. The summed E-state index contributed by atoms with van der Waals surface area (Å²) in [6, 6.07) is 21.6. The van der Waals surface area contributed by atoms with Gasteiger partial charge in [0.25, 0.3) is 0 Å². The predicted octanol–water partition coefficient (Wildman–Crippen LogP) is 1.26. The Morgan fingerprint density at radius 1 is 0.724 bits per heavy atom. The number of aliphatic imine (C=N–C) groups is 1. The van der Waals surface area contributed by atoms with Crippen LogP contribution in [0.4, 0.5) is 31.0 Å². The van der Waals surface area contributed by atoms with Gasteiger partial charge in [0.15, 0.2) is 0 Å². The van der Waals surface area contributed by atoms with E-state index in [1.807, 2.05) is 0 Å². The van der Waals surface area contributed by atoms with E-state index in [1.54, 1.807) is 66.7 Å². The van der Waals surface area contributed by atoms with Gasteiger partial charge in [0.1, 0.15) is 0 Å². The average Bonchev–Trinajstić information content (AvgIpc) is 2.70. The molecule has 0 bridgehead atoms. The Hall–Kier alpha value is -1.95. The quantitative estimate of drug-likeness (QED) is 0.231. The van der Waals surface area contributed by atoms with Crippen LogP contribution in [0.25, 0.3) is 0 Å². The Kier molecular flexibility index (Phi) is 9.08. The molecule has 29 heavy (non-hydrogen) atoms. The van der Waals surface area contributed by atoms with Crippen molar-refractivity contribution in [1.82, 2.24) is 0 Å². The summed E-state index contributed by atoms with van der Waals surface area (Å²) in [5.74, 6) is 0. The SMILES string of the molecule is O=C(F)N(C(=O)N(C([O-])=Nc1ccccc1)c1ccccc1)c1ccccc1.[Cs+]. The third-order valence-corrected chi connectivity index (χ3v) is 3.76. The second-order valence-electron chi connectivity index (χ2n) is 5.61. The first-order valence-electron chi connectivity index (χ1n) is 8.32. The molecular formula is C21H15CsFN3O3. The zero-order valence-corrected chi connectivity index (χ0v) is 21.9. The Morgan fingerprint density at radius 2 is 1.14 bits per heavy atom. The van der Waals surface area contributed by atoms with E-state index in [-0.39, 0.29) is 85.2 Å². The van der Waals surface area contributed by atoms with Gasteiger partial charge in [-0.05, 0) is 36.4 Å². The molecule has 0 radical (unpaired) electrons. The maximum absolute atomic E-state index is 13.8. The van der Waals surface area contributed by atoms with E-state index in [2.05, 4.69) is 4.99 Å². The van der Waals surface area contributed by atoms with Crippen molar-refractivity contribution in [3.05, 3.63) is 91.0 Å². The second kappa shape index (κ2) is 11.3. The normalized spacial score (nSPS) is 10.6. The van der Waals surface area contributed by atoms with E-state index in [4.69, 9.17) is 0 Å². The standard InChI is InChI=1S/C21H16FN3O3.Cs/c22-19(26)24(17-12-6-2-7-13-17)21(28)25(18-14-8-3-9-15-18)20(27)23-16-10-4-1-5-11-16;/h1-15H,(H,23,27);/q;+1/p-1. The fraction of sp³-hybridized carbons (Fsp3) is 0. The smallest absolute Gasteiger partial charge is 0.845 e. The molecule has 8 heteroatoms. The number of halogens is 1. The average molecular weight is 509 g/mol. The van der Waals surface area contributed by atoms with E-state index in [0.29, 0.717) is 10.6 Å². The molecule has 0 saturated heterocycles. The fourth-order valence-corrected chi connectivity index (χ4v) is 2.51. The summed E-state index contributed by atoms with van der Waals surface area (Å²) in [5.41, 5.74) is 0.465. The number of hydrogen-bond donors (Lipinski definition) is 0. The first-order chi connectivity index (χ1) is 13.6. The molecule has 3 aromatic rings. The monoisotopic (exact) mass is 509 g/mol. The van der Waals surface area contributed by atoms with Gasteiger partial charge in [0, 0.05) is 0 Å². The number of amidine groups is 1. The summed E-state index contributed by atoms with van der Waals surface area (Å²) >= 11 is 0. The third kappa shape index (κ3) is 6.02. The van der Waals surface area contributed by atoms with Crippen LogP contribution < -0.4 is 83.8 Å². The molecule has 0 heterocycles. The Labute approximate surface area is 226 Å². The maximum atomic E-state index is 13.8. The van der Waals surface area contributed by atoms with Gasteiger partial charge >= 0.3 is 81.1 Å². The van der Waals surface area contributed by atoms with E-state index in [0.717, 1.165) is 0 Å². The van der Waals surface area contributed by atoms with Gasteiger partial charge in [-0.2, -0.15) is 0 Å². The Balaban J connectivity index is 0.00000300. The van der Waals surface area contributed by atoms with Crippen molar-refractivity contribution in [3.8, 4) is 0 Å². The van der Waals surface area contributed by atoms with Crippen LogP contribution in [0.5, 0.6) is 0 Å². The van der Waals surface area contributed by atoms with Crippen molar-refractivity contribution in [3.63, 3.8) is 0 Å². The topological polar surface area (TPSA) is 76.0 Å². The zero-order chi connectivity index (χ0) is 19.9. The zero-order valence-electron chi connectivity index (χ0n) is 15.6. The number of imide groups is 1. The van der Waals surface area contributed by atoms with Gasteiger partial charge in [-0.3, -0.25) is 4.90 Å². The van der Waals surface area contributed by atoms with Crippen molar-refractivity contribution in [1.29, 1.82) is 0 Å². The minimum absolute atomic E-state index is 0. The summed E-state index contributed by atoms with van der Waals surface area (Å²) in [4.78, 5) is 29.4. The second-order valence-corrected chi connectivity index (χ2v) is 5.61. The molecule has 3 rings (SSSR count). The van der Waals surface area contributed by atoms with Crippen LogP contribution in [0.15, 0.2) is 96.0 Å². The van der Waals surface area contributed by atoms with Crippen LogP contribution in [-0.2, 0) is 0 Å². The van der Waals surface area contributed by atoms with Crippen LogP contribution in [0.2, 0.25) is 0 Å². The molecule has 0 atom stereocenters. The van der Waals surface area contributed by atoms with Gasteiger partial charge in [0.05, 0.1) is 23.1 Å². The molecule has 3 aromatic carbocycles. The van der Waals surface area contributed by atoms with E-state index in [1.165, 1.54) is 24.3 Å². The number of anilines is 2. The molecule has 0 spiro atoms. The molecular weight excluding hydrogens is 494 g/mol. The fourth-order valence-electron chi connectivity index (χ4n) is 2.51. The maximum Gasteiger partial charge on any atom is 1.00 e. The summed E-state index contributed by atoms with van der Waals surface area (Å²) in [6.45, 7) is 0. The first kappa shape index (κ1) is 23.3. The molecule has 0 aromatic heterocycles. The minimum Gasteiger partial charge on any atom is -0.845 e. The van der Waals surface area contributed by atoms with E-state index < -0.39 is 18.2 Å². The summed E-state index contributed by atoms with van der Waals surface area (Å²) in [6.07, 6.45) is -2.01. The largest absolute Gasteiger partial charge is 1.00 e. The van der Waals surface area contributed by atoms with Crippen molar-refractivity contribution in [2.45, 2.75) is 0 Å².